The summed E-state index contributed by atoms with van der Waals surface area (Å²) in [5.74, 6) is 0.796. The van der Waals surface area contributed by atoms with E-state index in [1.807, 2.05) is 24.3 Å². The molecule has 4 N–H and O–H groups in total. The number of para-hydroxylation sites is 1. The fraction of sp³-hybridized carbons (Fsp3) is 0.200. The minimum atomic E-state index is 0.0301. The van der Waals surface area contributed by atoms with Crippen molar-refractivity contribution in [1.29, 1.82) is 0 Å². The number of nitrogens with two attached hydrogens (primary N) is 1. The minimum Gasteiger partial charge on any atom is -0.368 e. The highest BCUT2D eigenvalue weighted by molar-refractivity contribution is 5.87. The lowest BCUT2D eigenvalue weighted by atomic mass is 9.98. The van der Waals surface area contributed by atoms with E-state index in [2.05, 4.69) is 25.5 Å². The Balaban J connectivity index is 1.67. The molecule has 23 heavy (non-hydrogen) atoms. The predicted molar refractivity (Wildman–Crippen MR) is 87.1 cm³/mol. The van der Waals surface area contributed by atoms with Gasteiger partial charge >= 0.3 is 0 Å². The summed E-state index contributed by atoms with van der Waals surface area (Å²) in [5.41, 5.74) is 8.40. The molecule has 1 amide bonds. The van der Waals surface area contributed by atoms with E-state index in [1.165, 1.54) is 0 Å². The van der Waals surface area contributed by atoms with Crippen LogP contribution in [0.5, 0.6) is 0 Å². The number of hydrogen-bond acceptors (Lipinski definition) is 6. The van der Waals surface area contributed by atoms with Gasteiger partial charge in [0.05, 0.1) is 11.6 Å². The van der Waals surface area contributed by atoms with Crippen LogP contribution in [0.3, 0.4) is 0 Å². The number of fused-ring (bicyclic) bond motifs is 2. The first kappa shape index (κ1) is 13.5. The van der Waals surface area contributed by atoms with E-state index in [9.17, 15) is 4.79 Å². The van der Waals surface area contributed by atoms with Gasteiger partial charge < -0.3 is 16.0 Å². The van der Waals surface area contributed by atoms with Crippen molar-refractivity contribution < 1.29 is 4.79 Å². The molecule has 1 aromatic carbocycles. The normalized spacial score (nSPS) is 17.0. The Bertz CT molecular complexity index is 875. The number of aromatic amines is 1. The summed E-state index contributed by atoms with van der Waals surface area (Å²) in [7, 11) is 0. The van der Waals surface area contributed by atoms with Crippen molar-refractivity contribution in [3.63, 3.8) is 0 Å². The summed E-state index contributed by atoms with van der Waals surface area (Å²) in [6.45, 7) is 0.559. The smallest absolute Gasteiger partial charge is 0.224 e. The highest BCUT2D eigenvalue weighted by Crippen LogP contribution is 2.28. The number of carbonyl (C=O) groups excluding carboxylic acids is 1. The maximum absolute atomic E-state index is 11.4. The number of nitrogens with zero attached hydrogens (tertiary/aromatic N) is 4. The number of rotatable bonds is 3. The quantitative estimate of drug-likeness (QED) is 0.620. The second-order valence-corrected chi connectivity index (χ2v) is 5.49. The van der Waals surface area contributed by atoms with Gasteiger partial charge in [0.1, 0.15) is 5.82 Å². The van der Waals surface area contributed by atoms with Crippen molar-refractivity contribution in [2.45, 2.75) is 12.5 Å². The Hall–Kier alpha value is -3.16. The second kappa shape index (κ2) is 5.24. The summed E-state index contributed by atoms with van der Waals surface area (Å²) < 4.78 is 0. The highest BCUT2D eigenvalue weighted by atomic mass is 16.1. The maximum atomic E-state index is 11.4. The van der Waals surface area contributed by atoms with Gasteiger partial charge in [-0.25, -0.2) is 0 Å². The molecular weight excluding hydrogens is 294 g/mol. The number of benzene rings is 1. The number of anilines is 3. The summed E-state index contributed by atoms with van der Waals surface area (Å²) >= 11 is 0. The summed E-state index contributed by atoms with van der Waals surface area (Å²) in [6, 6.07) is 7.92. The van der Waals surface area contributed by atoms with Crippen molar-refractivity contribution in [2.75, 3.05) is 22.5 Å². The van der Waals surface area contributed by atoms with Crippen molar-refractivity contribution in [1.82, 2.24) is 20.2 Å². The molecule has 0 saturated heterocycles. The van der Waals surface area contributed by atoms with Gasteiger partial charge in [-0.3, -0.25) is 9.89 Å². The highest BCUT2D eigenvalue weighted by Gasteiger charge is 2.24. The van der Waals surface area contributed by atoms with Crippen LogP contribution in [0.15, 0.2) is 30.5 Å². The molecule has 4 rings (SSSR count). The molecule has 0 fully saturated rings. The minimum absolute atomic E-state index is 0.0301. The van der Waals surface area contributed by atoms with E-state index in [-0.39, 0.29) is 12.0 Å². The number of nitrogens with one attached hydrogen (secondary N) is 2. The van der Waals surface area contributed by atoms with E-state index in [0.717, 1.165) is 29.5 Å². The fourth-order valence-electron chi connectivity index (χ4n) is 2.98. The first-order chi connectivity index (χ1) is 11.2. The molecule has 8 heteroatoms. The molecule has 1 atom stereocenters. The lowest BCUT2D eigenvalue weighted by molar-refractivity contribution is -0.107. The van der Waals surface area contributed by atoms with Crippen molar-refractivity contribution in [3.05, 3.63) is 36.0 Å². The third kappa shape index (κ3) is 2.33. The van der Waals surface area contributed by atoms with Gasteiger partial charge in [-0.05, 0) is 18.1 Å². The molecule has 0 saturated carbocycles. The van der Waals surface area contributed by atoms with Crippen LogP contribution in [0, 0.1) is 0 Å². The first-order valence-corrected chi connectivity index (χ1v) is 7.27. The van der Waals surface area contributed by atoms with Gasteiger partial charge in [-0.15, -0.1) is 0 Å². The molecule has 116 valence electrons. The van der Waals surface area contributed by atoms with E-state index in [4.69, 9.17) is 5.73 Å². The molecule has 8 nitrogen and oxygen atoms in total. The van der Waals surface area contributed by atoms with E-state index in [0.29, 0.717) is 18.0 Å². The summed E-state index contributed by atoms with van der Waals surface area (Å²) in [5, 5.41) is 10.9. The zero-order chi connectivity index (χ0) is 15.8. The zero-order valence-electron chi connectivity index (χ0n) is 12.2. The van der Waals surface area contributed by atoms with Crippen LogP contribution in [0.25, 0.3) is 11.0 Å². The van der Waals surface area contributed by atoms with Crippen molar-refractivity contribution in [3.8, 4) is 0 Å². The van der Waals surface area contributed by atoms with E-state index in [1.54, 1.807) is 11.1 Å². The van der Waals surface area contributed by atoms with Gasteiger partial charge in [0.15, 0.2) is 5.65 Å². The number of nitrogen functional groups attached to an aromatic ring is 1. The summed E-state index contributed by atoms with van der Waals surface area (Å²) in [6.07, 6.45) is 3.31. The number of H-pyrrole nitrogens is 1. The van der Waals surface area contributed by atoms with Crippen LogP contribution in [0.1, 0.15) is 5.56 Å². The Kier molecular flexibility index (Phi) is 3.07. The molecule has 0 spiro atoms. The number of hydrogen-bond donors (Lipinski definition) is 3. The van der Waals surface area contributed by atoms with Crippen LogP contribution in [0.2, 0.25) is 0 Å². The van der Waals surface area contributed by atoms with Crippen LogP contribution in [0.4, 0.5) is 17.5 Å². The van der Waals surface area contributed by atoms with Gasteiger partial charge in [-0.1, -0.05) is 18.2 Å². The van der Waals surface area contributed by atoms with Gasteiger partial charge in [0, 0.05) is 18.3 Å². The average molecular weight is 309 g/mol. The molecule has 0 aliphatic carbocycles. The van der Waals surface area contributed by atoms with Gasteiger partial charge in [0.25, 0.3) is 0 Å². The number of amides is 1. The number of aromatic nitrogens is 4. The number of carbonyl (C=O) groups is 1. The van der Waals surface area contributed by atoms with E-state index < -0.39 is 0 Å². The topological polar surface area (TPSA) is 113 Å². The Labute approximate surface area is 131 Å². The molecule has 3 heterocycles. The lowest BCUT2D eigenvalue weighted by Gasteiger charge is -2.32. The Morgan fingerprint density at radius 3 is 3.09 bits per heavy atom. The van der Waals surface area contributed by atoms with Crippen LogP contribution < -0.4 is 16.0 Å². The molecule has 1 aliphatic heterocycles. The zero-order valence-corrected chi connectivity index (χ0v) is 12.2. The van der Waals surface area contributed by atoms with Crippen LogP contribution in [-0.2, 0) is 11.2 Å². The monoisotopic (exact) mass is 309 g/mol. The second-order valence-electron chi connectivity index (χ2n) is 5.49. The molecule has 0 bridgehead atoms. The van der Waals surface area contributed by atoms with E-state index >= 15 is 0 Å². The largest absolute Gasteiger partial charge is 0.368 e. The average Bonchev–Trinajstić information content (AvgIpc) is 3.02. The molecule has 1 unspecified atom stereocenters. The third-order valence-electron chi connectivity index (χ3n) is 3.98. The standard InChI is InChI=1S/C15H15N7O/c16-15-19-13(11-6-17-21-14(11)20-15)18-10-5-9-3-1-2-4-12(9)22(7-10)8-23/h1-4,6,8,10H,5,7H2,(H4,16,17,18,19,20,21). The third-order valence-corrected chi connectivity index (χ3v) is 3.98. The Morgan fingerprint density at radius 2 is 2.22 bits per heavy atom. The van der Waals surface area contributed by atoms with Gasteiger partial charge in [0.2, 0.25) is 12.4 Å². The molecular formula is C15H15N7O. The Morgan fingerprint density at radius 1 is 1.35 bits per heavy atom. The predicted octanol–water partition coefficient (Wildman–Crippen LogP) is 0.935. The van der Waals surface area contributed by atoms with Crippen LogP contribution >= 0.6 is 0 Å². The summed E-state index contributed by atoms with van der Waals surface area (Å²) in [4.78, 5) is 21.4. The van der Waals surface area contributed by atoms with Crippen LogP contribution in [-0.4, -0.2) is 39.2 Å². The van der Waals surface area contributed by atoms with Crippen molar-refractivity contribution >= 4 is 34.9 Å². The maximum Gasteiger partial charge on any atom is 0.224 e. The van der Waals surface area contributed by atoms with Crippen molar-refractivity contribution in [2.24, 2.45) is 0 Å². The van der Waals surface area contributed by atoms with Gasteiger partial charge in [-0.2, -0.15) is 15.1 Å². The molecule has 0 radical (unpaired) electrons. The first-order valence-electron chi connectivity index (χ1n) is 7.27. The molecule has 2 aromatic heterocycles. The molecule has 1 aliphatic rings. The molecule has 3 aromatic rings. The lowest BCUT2D eigenvalue weighted by Crippen LogP contribution is -2.42. The fourth-order valence-corrected chi connectivity index (χ4v) is 2.98. The SMILES string of the molecule is Nc1nc(NC2Cc3ccccc3N(C=O)C2)c2cn[nH]c2n1.